The normalized spacial score (nSPS) is 11.9. The van der Waals surface area contributed by atoms with Gasteiger partial charge >= 0.3 is 0 Å². The van der Waals surface area contributed by atoms with Crippen molar-refractivity contribution in [2.75, 3.05) is 11.7 Å². The van der Waals surface area contributed by atoms with Crippen molar-refractivity contribution < 1.29 is 18.4 Å². The van der Waals surface area contributed by atoms with Crippen LogP contribution in [0.1, 0.15) is 39.0 Å². The van der Waals surface area contributed by atoms with Crippen LogP contribution >= 0.6 is 34.7 Å². The van der Waals surface area contributed by atoms with E-state index in [1.807, 2.05) is 6.92 Å². The predicted molar refractivity (Wildman–Crippen MR) is 133 cm³/mol. The number of benzene rings is 2. The molecule has 4 aromatic rings. The number of aryl methyl sites for hydroxylation is 1. The van der Waals surface area contributed by atoms with Crippen molar-refractivity contribution in [1.29, 1.82) is 0 Å². The number of carbonyl (C=O) groups is 1. The van der Waals surface area contributed by atoms with E-state index in [1.165, 1.54) is 17.2 Å². The van der Waals surface area contributed by atoms with Crippen LogP contribution in [0.4, 0.5) is 9.39 Å². The average Bonchev–Trinajstić information content (AvgIpc) is 3.39. The fourth-order valence-electron chi connectivity index (χ4n) is 3.49. The molecule has 0 atom stereocenters. The number of hydrogen-bond acceptors (Lipinski definition) is 6. The SMILES string of the molecule is CCON(C(=O)C(C)(C)c1ccc2oc(-c3c(F)cccc3Cl)nc2c1)c1snc(CC)c1Cl. The van der Waals surface area contributed by atoms with Gasteiger partial charge in [-0.15, -0.1) is 0 Å². The molecular formula is C24H22Cl2FN3O3S. The standard InChI is InChI=1S/C24H22Cl2FN3O3S/c1-5-16-20(26)22(34-29-16)30(32-6-2)23(31)24(3,4)13-10-11-18-17(12-13)28-21(33-18)19-14(25)8-7-9-15(19)27/h7-12H,5-6H2,1-4H3. The molecule has 0 saturated carbocycles. The molecule has 0 spiro atoms. The molecule has 4 rings (SSSR count). The van der Waals surface area contributed by atoms with E-state index in [4.69, 9.17) is 32.5 Å². The van der Waals surface area contributed by atoms with Crippen molar-refractivity contribution in [2.24, 2.45) is 0 Å². The molecule has 0 fully saturated rings. The van der Waals surface area contributed by atoms with Crippen molar-refractivity contribution in [2.45, 2.75) is 39.5 Å². The number of nitrogens with zero attached hydrogens (tertiary/aromatic N) is 3. The molecule has 0 aliphatic rings. The molecule has 178 valence electrons. The van der Waals surface area contributed by atoms with Crippen LogP contribution in [-0.4, -0.2) is 21.9 Å². The maximum atomic E-state index is 14.4. The molecule has 2 heterocycles. The van der Waals surface area contributed by atoms with Gasteiger partial charge < -0.3 is 4.42 Å². The third-order valence-corrected chi connectivity index (χ3v) is 7.14. The molecule has 0 bridgehead atoms. The van der Waals surface area contributed by atoms with Crippen molar-refractivity contribution in [3.63, 3.8) is 0 Å². The molecule has 2 aromatic heterocycles. The van der Waals surface area contributed by atoms with Gasteiger partial charge in [-0.3, -0.25) is 9.63 Å². The summed E-state index contributed by atoms with van der Waals surface area (Å²) in [5.74, 6) is -0.781. The molecule has 0 radical (unpaired) electrons. The first-order valence-electron chi connectivity index (χ1n) is 10.7. The predicted octanol–water partition coefficient (Wildman–Crippen LogP) is 7.22. The lowest BCUT2D eigenvalue weighted by Crippen LogP contribution is -2.43. The van der Waals surface area contributed by atoms with E-state index in [9.17, 15) is 9.18 Å². The van der Waals surface area contributed by atoms with E-state index in [2.05, 4.69) is 9.36 Å². The monoisotopic (exact) mass is 521 g/mol. The topological polar surface area (TPSA) is 68.5 Å². The zero-order chi connectivity index (χ0) is 24.6. The molecule has 1 amide bonds. The molecule has 34 heavy (non-hydrogen) atoms. The van der Waals surface area contributed by atoms with Crippen molar-refractivity contribution in [3.05, 3.63) is 63.5 Å². The molecule has 0 aliphatic carbocycles. The van der Waals surface area contributed by atoms with Gasteiger partial charge in [0.05, 0.1) is 28.3 Å². The Hall–Kier alpha value is -2.52. The van der Waals surface area contributed by atoms with Crippen molar-refractivity contribution in [3.8, 4) is 11.5 Å². The number of carbonyl (C=O) groups excluding carboxylic acids is 1. The van der Waals surface area contributed by atoms with Gasteiger partial charge in [-0.25, -0.2) is 9.37 Å². The summed E-state index contributed by atoms with van der Waals surface area (Å²) in [6.45, 7) is 7.57. The number of anilines is 1. The van der Waals surface area contributed by atoms with Crippen LogP contribution in [0, 0.1) is 5.82 Å². The summed E-state index contributed by atoms with van der Waals surface area (Å²) >= 11 is 13.8. The second-order valence-corrected chi connectivity index (χ2v) is 9.58. The Kier molecular flexibility index (Phi) is 6.96. The van der Waals surface area contributed by atoms with Crippen molar-refractivity contribution >= 4 is 56.7 Å². The fraction of sp³-hybridized carbons (Fsp3) is 0.292. The maximum absolute atomic E-state index is 14.4. The van der Waals surface area contributed by atoms with E-state index in [1.54, 1.807) is 45.0 Å². The highest BCUT2D eigenvalue weighted by Crippen LogP contribution is 2.38. The van der Waals surface area contributed by atoms with Gasteiger partial charge in [0.2, 0.25) is 5.89 Å². The number of aromatic nitrogens is 2. The summed E-state index contributed by atoms with van der Waals surface area (Å²) in [7, 11) is 0. The van der Waals surface area contributed by atoms with Crippen molar-refractivity contribution in [1.82, 2.24) is 9.36 Å². The van der Waals surface area contributed by atoms with Crippen LogP contribution in [0.15, 0.2) is 40.8 Å². The summed E-state index contributed by atoms with van der Waals surface area (Å²) in [6.07, 6.45) is 0.643. The fourth-order valence-corrected chi connectivity index (χ4v) is 4.96. The number of rotatable bonds is 7. The van der Waals surface area contributed by atoms with E-state index in [0.29, 0.717) is 38.8 Å². The Morgan fingerprint density at radius 1 is 1.24 bits per heavy atom. The lowest BCUT2D eigenvalue weighted by atomic mass is 9.83. The molecule has 10 heteroatoms. The quantitative estimate of drug-likeness (QED) is 0.240. The van der Waals surface area contributed by atoms with Gasteiger partial charge in [0.15, 0.2) is 10.6 Å². The minimum Gasteiger partial charge on any atom is -0.436 e. The van der Waals surface area contributed by atoms with Crippen LogP contribution in [-0.2, 0) is 21.5 Å². The Labute approximate surface area is 210 Å². The number of halogens is 3. The number of hydrogen-bond donors (Lipinski definition) is 0. The van der Waals surface area contributed by atoms with Gasteiger partial charge in [-0.1, -0.05) is 42.3 Å². The number of oxazole rings is 1. The highest BCUT2D eigenvalue weighted by Gasteiger charge is 2.38. The minimum absolute atomic E-state index is 0.0684. The lowest BCUT2D eigenvalue weighted by Gasteiger charge is -2.30. The second-order valence-electron chi connectivity index (χ2n) is 8.04. The Morgan fingerprint density at radius 3 is 2.65 bits per heavy atom. The first kappa shape index (κ1) is 24.6. The van der Waals surface area contributed by atoms with Crippen LogP contribution in [0.2, 0.25) is 10.0 Å². The first-order valence-corrected chi connectivity index (χ1v) is 12.2. The third kappa shape index (κ3) is 4.31. The summed E-state index contributed by atoms with van der Waals surface area (Å²) in [6, 6.07) is 9.59. The van der Waals surface area contributed by atoms with E-state index in [-0.39, 0.29) is 29.0 Å². The zero-order valence-electron chi connectivity index (χ0n) is 19.0. The molecule has 0 N–H and O–H groups in total. The van der Waals surface area contributed by atoms with Crippen LogP contribution < -0.4 is 5.06 Å². The summed E-state index contributed by atoms with van der Waals surface area (Å²) < 4.78 is 24.4. The van der Waals surface area contributed by atoms with Gasteiger partial charge in [-0.2, -0.15) is 9.44 Å². The minimum atomic E-state index is -1.02. The van der Waals surface area contributed by atoms with E-state index < -0.39 is 11.2 Å². The number of hydroxylamine groups is 1. The highest BCUT2D eigenvalue weighted by atomic mass is 35.5. The molecule has 0 saturated heterocycles. The molecule has 2 aromatic carbocycles. The number of fused-ring (bicyclic) bond motifs is 1. The molecule has 0 aliphatic heterocycles. The van der Waals surface area contributed by atoms with Crippen LogP contribution in [0.25, 0.3) is 22.6 Å². The highest BCUT2D eigenvalue weighted by molar-refractivity contribution is 7.11. The van der Waals surface area contributed by atoms with Crippen LogP contribution in [0.5, 0.6) is 0 Å². The molecule has 6 nitrogen and oxygen atoms in total. The molecule has 0 unspecified atom stereocenters. The summed E-state index contributed by atoms with van der Waals surface area (Å²) in [5, 5.41) is 2.26. The van der Waals surface area contributed by atoms with E-state index >= 15 is 0 Å². The second kappa shape index (κ2) is 9.62. The number of amides is 1. The Balaban J connectivity index is 1.73. The summed E-state index contributed by atoms with van der Waals surface area (Å²) in [4.78, 5) is 23.8. The molecular weight excluding hydrogens is 500 g/mol. The Bertz CT molecular complexity index is 1350. The van der Waals surface area contributed by atoms with Gasteiger partial charge in [-0.05, 0) is 68.6 Å². The van der Waals surface area contributed by atoms with E-state index in [0.717, 1.165) is 11.5 Å². The Morgan fingerprint density at radius 2 is 2.00 bits per heavy atom. The average molecular weight is 522 g/mol. The maximum Gasteiger partial charge on any atom is 0.261 e. The largest absolute Gasteiger partial charge is 0.436 e. The van der Waals surface area contributed by atoms with Gasteiger partial charge in [0.25, 0.3) is 5.91 Å². The third-order valence-electron chi connectivity index (χ3n) is 5.47. The van der Waals surface area contributed by atoms with Crippen LogP contribution in [0.3, 0.4) is 0 Å². The van der Waals surface area contributed by atoms with Gasteiger partial charge in [0.1, 0.15) is 16.4 Å². The zero-order valence-corrected chi connectivity index (χ0v) is 21.3. The van der Waals surface area contributed by atoms with Gasteiger partial charge in [0, 0.05) is 0 Å². The smallest absolute Gasteiger partial charge is 0.261 e. The lowest BCUT2D eigenvalue weighted by molar-refractivity contribution is -0.130. The first-order chi connectivity index (χ1) is 16.2. The summed E-state index contributed by atoms with van der Waals surface area (Å²) in [5.41, 5.74) is 1.37.